The van der Waals surface area contributed by atoms with Crippen LogP contribution in [0.1, 0.15) is 29.2 Å². The van der Waals surface area contributed by atoms with Gasteiger partial charge >= 0.3 is 11.7 Å². The third kappa shape index (κ3) is 7.23. The molecule has 1 atom stereocenters. The van der Waals surface area contributed by atoms with Crippen LogP contribution in [0.15, 0.2) is 74.3 Å². The van der Waals surface area contributed by atoms with Crippen molar-refractivity contribution in [3.05, 3.63) is 97.8 Å². The van der Waals surface area contributed by atoms with Crippen molar-refractivity contribution in [1.82, 2.24) is 15.2 Å². The lowest BCUT2D eigenvalue weighted by Gasteiger charge is -2.27. The molecule has 0 bridgehead atoms. The number of rotatable bonds is 11. The number of benzene rings is 3. The molecule has 3 aromatic carbocycles. The molecule has 0 aliphatic rings. The second-order valence-electron chi connectivity index (χ2n) is 9.42. The number of carboxylic acid groups (broad SMARTS) is 1. The quantitative estimate of drug-likeness (QED) is 0.210. The normalized spacial score (nSPS) is 11.6. The van der Waals surface area contributed by atoms with E-state index in [1.807, 2.05) is 61.5 Å². The van der Waals surface area contributed by atoms with E-state index in [4.69, 9.17) is 14.3 Å². The lowest BCUT2D eigenvalue weighted by atomic mass is 10.0. The predicted octanol–water partition coefficient (Wildman–Crippen LogP) is 5.11. The first-order valence-electron chi connectivity index (χ1n) is 13.0. The molecule has 11 heteroatoms. The van der Waals surface area contributed by atoms with Gasteiger partial charge in [0, 0.05) is 30.5 Å². The average molecular weight is 624 g/mol. The minimum absolute atomic E-state index is 0.0157. The standard InChI is InChI=1S/C30H31BrN4O6/c1-4-35(17-20-8-6-5-7-9-20)27(36)24(14-19-10-12-22(40-3)13-11-19)33-29-34-26-23(31)15-21(16-32-30(38)39)18(2)25(26)28(37)41-29/h5-13,15,24,32H,4,14,16-17H2,1-3H3,(H,33,34)(H,38,39)/t24-/m0/s1. The number of nitrogens with zero attached hydrogens (tertiary/aromatic N) is 2. The zero-order valence-electron chi connectivity index (χ0n) is 22.9. The number of likely N-dealkylation sites (N-methyl/N-ethyl adjacent to an activating group) is 1. The Labute approximate surface area is 245 Å². The third-order valence-corrected chi connectivity index (χ3v) is 7.37. The van der Waals surface area contributed by atoms with Crippen LogP contribution >= 0.6 is 15.9 Å². The molecule has 0 spiro atoms. The van der Waals surface area contributed by atoms with Crippen LogP contribution in [0.3, 0.4) is 0 Å². The lowest BCUT2D eigenvalue weighted by Crippen LogP contribution is -2.44. The number of carbonyl (C=O) groups excluding carboxylic acids is 1. The molecule has 10 nitrogen and oxygen atoms in total. The number of amides is 2. The summed E-state index contributed by atoms with van der Waals surface area (Å²) in [6.45, 7) is 4.53. The summed E-state index contributed by atoms with van der Waals surface area (Å²) in [7, 11) is 1.59. The van der Waals surface area contributed by atoms with Gasteiger partial charge in [-0.25, -0.2) is 9.59 Å². The van der Waals surface area contributed by atoms with Crippen molar-refractivity contribution in [2.75, 3.05) is 19.0 Å². The van der Waals surface area contributed by atoms with Crippen molar-refractivity contribution in [3.8, 4) is 5.75 Å². The maximum atomic E-state index is 13.9. The monoisotopic (exact) mass is 622 g/mol. The molecule has 0 saturated heterocycles. The molecular weight excluding hydrogens is 592 g/mol. The molecular formula is C30H31BrN4O6. The molecule has 1 heterocycles. The maximum Gasteiger partial charge on any atom is 0.404 e. The molecule has 0 saturated carbocycles. The van der Waals surface area contributed by atoms with E-state index in [1.54, 1.807) is 25.0 Å². The van der Waals surface area contributed by atoms with Gasteiger partial charge in [-0.2, -0.15) is 4.98 Å². The summed E-state index contributed by atoms with van der Waals surface area (Å²) in [4.78, 5) is 44.3. The molecule has 0 aliphatic carbocycles. The van der Waals surface area contributed by atoms with Gasteiger partial charge in [-0.1, -0.05) is 42.5 Å². The second kappa shape index (κ2) is 13.3. The minimum Gasteiger partial charge on any atom is -0.497 e. The summed E-state index contributed by atoms with van der Waals surface area (Å²) in [5.74, 6) is 0.520. The Hall–Kier alpha value is -4.38. The van der Waals surface area contributed by atoms with Crippen molar-refractivity contribution < 1.29 is 23.8 Å². The van der Waals surface area contributed by atoms with Crippen molar-refractivity contribution in [2.24, 2.45) is 0 Å². The van der Waals surface area contributed by atoms with Gasteiger partial charge in [-0.15, -0.1) is 0 Å². The van der Waals surface area contributed by atoms with Crippen LogP contribution in [0.5, 0.6) is 5.75 Å². The van der Waals surface area contributed by atoms with Crippen LogP contribution in [0, 0.1) is 6.92 Å². The van der Waals surface area contributed by atoms with Gasteiger partial charge in [0.15, 0.2) is 0 Å². The lowest BCUT2D eigenvalue weighted by molar-refractivity contribution is -0.132. The molecule has 41 heavy (non-hydrogen) atoms. The van der Waals surface area contributed by atoms with Gasteiger partial charge in [-0.05, 0) is 70.2 Å². The highest BCUT2D eigenvalue weighted by Gasteiger charge is 2.26. The molecule has 214 valence electrons. The van der Waals surface area contributed by atoms with E-state index in [9.17, 15) is 14.4 Å². The number of nitrogens with one attached hydrogen (secondary N) is 2. The van der Waals surface area contributed by atoms with Gasteiger partial charge < -0.3 is 29.8 Å². The van der Waals surface area contributed by atoms with E-state index in [0.29, 0.717) is 46.4 Å². The first-order valence-corrected chi connectivity index (χ1v) is 13.8. The first-order chi connectivity index (χ1) is 19.7. The van der Waals surface area contributed by atoms with Crippen LogP contribution in [-0.2, 0) is 24.3 Å². The summed E-state index contributed by atoms with van der Waals surface area (Å²) in [6.07, 6.45) is -0.872. The zero-order valence-corrected chi connectivity index (χ0v) is 24.5. The van der Waals surface area contributed by atoms with Crippen LogP contribution in [-0.4, -0.2) is 46.7 Å². The van der Waals surface area contributed by atoms with E-state index in [1.165, 1.54) is 0 Å². The number of aryl methyl sites for hydroxylation is 1. The van der Waals surface area contributed by atoms with Gasteiger partial charge in [0.2, 0.25) is 5.91 Å². The highest BCUT2D eigenvalue weighted by molar-refractivity contribution is 9.10. The predicted molar refractivity (Wildman–Crippen MR) is 159 cm³/mol. The number of aromatic nitrogens is 1. The van der Waals surface area contributed by atoms with E-state index >= 15 is 0 Å². The molecule has 1 aromatic heterocycles. The van der Waals surface area contributed by atoms with Crippen molar-refractivity contribution in [2.45, 2.75) is 39.4 Å². The first kappa shape index (κ1) is 29.6. The second-order valence-corrected chi connectivity index (χ2v) is 10.3. The molecule has 4 rings (SSSR count). The number of hydrogen-bond acceptors (Lipinski definition) is 7. The van der Waals surface area contributed by atoms with E-state index in [0.717, 1.165) is 11.1 Å². The van der Waals surface area contributed by atoms with Crippen LogP contribution < -0.4 is 21.0 Å². The van der Waals surface area contributed by atoms with Crippen LogP contribution in [0.2, 0.25) is 0 Å². The fourth-order valence-corrected chi connectivity index (χ4v) is 5.11. The Kier molecular flexibility index (Phi) is 9.61. The fraction of sp³-hybridized carbons (Fsp3) is 0.267. The Morgan fingerprint density at radius 2 is 1.83 bits per heavy atom. The van der Waals surface area contributed by atoms with Crippen molar-refractivity contribution >= 4 is 44.8 Å². The van der Waals surface area contributed by atoms with Crippen LogP contribution in [0.4, 0.5) is 10.8 Å². The van der Waals surface area contributed by atoms with E-state index in [-0.39, 0.29) is 23.9 Å². The molecule has 0 aliphatic heterocycles. The highest BCUT2D eigenvalue weighted by Crippen LogP contribution is 2.28. The van der Waals surface area contributed by atoms with Crippen LogP contribution in [0.25, 0.3) is 10.9 Å². The number of carbonyl (C=O) groups is 2. The number of fused-ring (bicyclic) bond motifs is 1. The third-order valence-electron chi connectivity index (χ3n) is 6.76. The molecule has 3 N–H and O–H groups in total. The topological polar surface area (TPSA) is 134 Å². The van der Waals surface area contributed by atoms with E-state index < -0.39 is 17.8 Å². The fourth-order valence-electron chi connectivity index (χ4n) is 4.54. The largest absolute Gasteiger partial charge is 0.497 e. The van der Waals surface area contributed by atoms with Gasteiger partial charge in [0.25, 0.3) is 6.01 Å². The van der Waals surface area contributed by atoms with Gasteiger partial charge in [0.05, 0.1) is 18.0 Å². The summed E-state index contributed by atoms with van der Waals surface area (Å²) >= 11 is 3.46. The smallest absolute Gasteiger partial charge is 0.404 e. The van der Waals surface area contributed by atoms with E-state index in [2.05, 4.69) is 31.5 Å². The summed E-state index contributed by atoms with van der Waals surface area (Å²) in [5, 5.41) is 14.6. The summed E-state index contributed by atoms with van der Waals surface area (Å²) < 4.78 is 11.3. The average Bonchev–Trinajstić information content (AvgIpc) is 2.97. The SMILES string of the molecule is CCN(Cc1ccccc1)C(=O)[C@H](Cc1ccc(OC)cc1)Nc1nc2c(Br)cc(CNC(=O)O)c(C)c2c(=O)o1. The molecule has 0 unspecified atom stereocenters. The van der Waals surface area contributed by atoms with Gasteiger partial charge in [0.1, 0.15) is 11.8 Å². The highest BCUT2D eigenvalue weighted by atomic mass is 79.9. The molecule has 4 aromatic rings. The Morgan fingerprint density at radius 3 is 2.46 bits per heavy atom. The number of halogens is 1. The Balaban J connectivity index is 1.69. The van der Waals surface area contributed by atoms with Crippen molar-refractivity contribution in [3.63, 3.8) is 0 Å². The minimum atomic E-state index is -1.17. The summed E-state index contributed by atoms with van der Waals surface area (Å²) in [6, 6.07) is 17.9. The van der Waals surface area contributed by atoms with Crippen molar-refractivity contribution in [1.29, 1.82) is 0 Å². The Morgan fingerprint density at radius 1 is 1.12 bits per heavy atom. The molecule has 0 fully saturated rings. The number of ether oxygens (including phenoxy) is 1. The summed E-state index contributed by atoms with van der Waals surface area (Å²) in [5.41, 5.74) is 2.72. The Bertz CT molecular complexity index is 1590. The number of anilines is 1. The number of hydrogen-bond donors (Lipinski definition) is 3. The van der Waals surface area contributed by atoms with Gasteiger partial charge in [-0.3, -0.25) is 4.79 Å². The maximum absolute atomic E-state index is 13.9. The molecule has 0 radical (unpaired) electrons. The number of methoxy groups -OCH3 is 1. The zero-order chi connectivity index (χ0) is 29.5. The molecule has 2 amide bonds.